The lowest BCUT2D eigenvalue weighted by Crippen LogP contribution is -2.27. The number of fused-ring (bicyclic) bond motifs is 1. The van der Waals surface area contributed by atoms with Crippen LogP contribution in [0.25, 0.3) is 22.4 Å². The summed E-state index contributed by atoms with van der Waals surface area (Å²) in [5.41, 5.74) is 13.8. The summed E-state index contributed by atoms with van der Waals surface area (Å²) in [7, 11) is 5.04. The van der Waals surface area contributed by atoms with Gasteiger partial charge in [0, 0.05) is 35.4 Å². The Labute approximate surface area is 296 Å². The van der Waals surface area contributed by atoms with E-state index in [0.29, 0.717) is 0 Å². The molecule has 6 aromatic carbocycles. The molecule has 1 heterocycles. The molecular weight excluding hydrogens is 633 g/mol. The van der Waals surface area contributed by atoms with Crippen LogP contribution >= 0.6 is 0 Å². The maximum atomic E-state index is 5.67. The Morgan fingerprint density at radius 2 is 1.00 bits per heavy atom. The molecule has 0 saturated carbocycles. The lowest BCUT2D eigenvalue weighted by Gasteiger charge is -2.42. The molecule has 0 amide bonds. The third kappa shape index (κ3) is 5.08. The second-order valence-corrected chi connectivity index (χ2v) is 12.7. The Hall–Kier alpha value is -6.47. The van der Waals surface area contributed by atoms with Gasteiger partial charge in [0.2, 0.25) is 0 Å². The maximum Gasteiger partial charge on any atom is 0.142 e. The van der Waals surface area contributed by atoms with Crippen LogP contribution in [0.5, 0.6) is 17.2 Å². The van der Waals surface area contributed by atoms with Crippen molar-refractivity contribution in [3.63, 3.8) is 0 Å². The van der Waals surface area contributed by atoms with Gasteiger partial charge in [0.1, 0.15) is 23.1 Å². The molecule has 2 unspecified atom stereocenters. The molecule has 10 rings (SSSR count). The lowest BCUT2D eigenvalue weighted by atomic mass is 9.61. The number of nitrogens with zero attached hydrogens (tertiary/aromatic N) is 3. The minimum absolute atomic E-state index is 0.0134. The summed E-state index contributed by atoms with van der Waals surface area (Å²) in [5, 5.41) is 0. The topological polar surface area (TPSA) is 81.1 Å². The first kappa shape index (κ1) is 30.6. The van der Waals surface area contributed by atoms with Crippen LogP contribution in [-0.2, 0) is 0 Å². The number of imidazole rings is 1. The van der Waals surface area contributed by atoms with Crippen molar-refractivity contribution in [1.82, 2.24) is 9.97 Å². The van der Waals surface area contributed by atoms with E-state index in [0.717, 1.165) is 62.2 Å². The van der Waals surface area contributed by atoms with Gasteiger partial charge in [-0.25, -0.2) is 4.98 Å². The molecule has 51 heavy (non-hydrogen) atoms. The van der Waals surface area contributed by atoms with E-state index in [-0.39, 0.29) is 11.8 Å². The fourth-order valence-electron chi connectivity index (χ4n) is 7.74. The van der Waals surface area contributed by atoms with Crippen LogP contribution < -0.4 is 14.2 Å². The summed E-state index contributed by atoms with van der Waals surface area (Å²) in [6.07, 6.45) is 3.72. The van der Waals surface area contributed by atoms with Gasteiger partial charge in [0.05, 0.1) is 49.3 Å². The summed E-state index contributed by atoms with van der Waals surface area (Å²) < 4.78 is 16.9. The van der Waals surface area contributed by atoms with Gasteiger partial charge < -0.3 is 19.2 Å². The summed E-state index contributed by atoms with van der Waals surface area (Å²) in [5.74, 6) is 3.12. The number of aliphatic imine (C=N–C) groups is 2. The number of hydrogen-bond donors (Lipinski definition) is 1. The van der Waals surface area contributed by atoms with E-state index in [1.165, 1.54) is 33.4 Å². The van der Waals surface area contributed by atoms with E-state index in [4.69, 9.17) is 29.2 Å². The number of ether oxygens (including phenoxy) is 3. The van der Waals surface area contributed by atoms with E-state index in [2.05, 4.69) is 53.5 Å². The Balaban J connectivity index is 1.23. The predicted molar refractivity (Wildman–Crippen MR) is 203 cm³/mol. The molecule has 0 radical (unpaired) electrons. The summed E-state index contributed by atoms with van der Waals surface area (Å²) in [6.45, 7) is 0. The van der Waals surface area contributed by atoms with Crippen molar-refractivity contribution >= 4 is 34.8 Å². The van der Waals surface area contributed by atoms with E-state index in [9.17, 15) is 0 Å². The number of H-pyrrole nitrogens is 1. The monoisotopic (exact) mass is 666 g/mol. The zero-order chi connectivity index (χ0) is 34.5. The number of hydrogen-bond acceptors (Lipinski definition) is 6. The van der Waals surface area contributed by atoms with E-state index in [1.807, 2.05) is 85.2 Å². The molecule has 7 aromatic rings. The molecule has 0 saturated heterocycles. The average molecular weight is 667 g/mol. The fourth-order valence-corrected chi connectivity index (χ4v) is 7.74. The van der Waals surface area contributed by atoms with Crippen molar-refractivity contribution in [3.05, 3.63) is 166 Å². The van der Waals surface area contributed by atoms with E-state index in [1.54, 1.807) is 21.3 Å². The fraction of sp³-hybridized carbons (Fsp3) is 0.114. The first-order valence-electron chi connectivity index (χ1n) is 16.9. The van der Waals surface area contributed by atoms with E-state index < -0.39 is 0 Å². The molecule has 7 heteroatoms. The lowest BCUT2D eigenvalue weighted by molar-refractivity contribution is 0.414. The summed E-state index contributed by atoms with van der Waals surface area (Å²) in [4.78, 5) is 18.8. The third-order valence-corrected chi connectivity index (χ3v) is 10.1. The van der Waals surface area contributed by atoms with Gasteiger partial charge in [-0.1, -0.05) is 60.7 Å². The van der Waals surface area contributed by atoms with Crippen molar-refractivity contribution in [2.45, 2.75) is 11.8 Å². The first-order chi connectivity index (χ1) is 25.1. The SMILES string of the molecule is COc1ccccc1C=Nc1cc2c(cc1N=Cc1ccccc1OC)C1c3ccccc3C2c2cc3nc(-c4ccccc4OC)[nH]c3cc21. The van der Waals surface area contributed by atoms with Crippen molar-refractivity contribution in [2.75, 3.05) is 21.3 Å². The summed E-state index contributed by atoms with van der Waals surface area (Å²) >= 11 is 0. The van der Waals surface area contributed by atoms with Crippen LogP contribution in [0.2, 0.25) is 0 Å². The van der Waals surface area contributed by atoms with Crippen molar-refractivity contribution < 1.29 is 14.2 Å². The second-order valence-electron chi connectivity index (χ2n) is 12.7. The second kappa shape index (κ2) is 12.4. The zero-order valence-electron chi connectivity index (χ0n) is 28.4. The van der Waals surface area contributed by atoms with Gasteiger partial charge in [0.15, 0.2) is 0 Å². The minimum atomic E-state index is 0.0134. The molecule has 0 fully saturated rings. The third-order valence-electron chi connectivity index (χ3n) is 10.1. The Bertz CT molecular complexity index is 2380. The molecule has 2 bridgehead atoms. The number of aromatic amines is 1. The molecular formula is C44H34N4O3. The normalized spacial score (nSPS) is 15.6. The van der Waals surface area contributed by atoms with Crippen molar-refractivity contribution in [2.24, 2.45) is 9.98 Å². The van der Waals surface area contributed by atoms with Crippen LogP contribution in [-0.4, -0.2) is 43.7 Å². The maximum absolute atomic E-state index is 5.67. The highest BCUT2D eigenvalue weighted by Crippen LogP contribution is 2.58. The number of para-hydroxylation sites is 3. The molecule has 248 valence electrons. The number of aromatic nitrogens is 2. The number of rotatable bonds is 8. The molecule has 1 aromatic heterocycles. The van der Waals surface area contributed by atoms with Gasteiger partial charge in [-0.05, 0) is 94.0 Å². The molecule has 3 aliphatic carbocycles. The first-order valence-corrected chi connectivity index (χ1v) is 16.9. The van der Waals surface area contributed by atoms with Crippen LogP contribution in [0.4, 0.5) is 11.4 Å². The van der Waals surface area contributed by atoms with Gasteiger partial charge in [-0.15, -0.1) is 0 Å². The molecule has 7 nitrogen and oxygen atoms in total. The smallest absolute Gasteiger partial charge is 0.142 e. The summed E-state index contributed by atoms with van der Waals surface area (Å²) in [6, 6.07) is 41.6. The minimum Gasteiger partial charge on any atom is -0.496 e. The molecule has 0 aliphatic heterocycles. The van der Waals surface area contributed by atoms with Gasteiger partial charge in [0.25, 0.3) is 0 Å². The predicted octanol–water partition coefficient (Wildman–Crippen LogP) is 9.74. The van der Waals surface area contributed by atoms with Crippen molar-refractivity contribution in [3.8, 4) is 28.6 Å². The van der Waals surface area contributed by atoms with Crippen LogP contribution in [0.15, 0.2) is 131 Å². The zero-order valence-corrected chi connectivity index (χ0v) is 28.4. The Morgan fingerprint density at radius 1 is 0.529 bits per heavy atom. The molecule has 1 N–H and O–H groups in total. The highest BCUT2D eigenvalue weighted by Gasteiger charge is 2.42. The highest BCUT2D eigenvalue weighted by molar-refractivity contribution is 5.91. The van der Waals surface area contributed by atoms with Crippen molar-refractivity contribution in [1.29, 1.82) is 0 Å². The number of nitrogens with one attached hydrogen (secondary N) is 1. The van der Waals surface area contributed by atoms with Crippen LogP contribution in [0, 0.1) is 0 Å². The molecule has 0 spiro atoms. The Kier molecular flexibility index (Phi) is 7.46. The standard InChI is InChI=1S/C44H34N4O3/c1-49-39-17-9-4-12-26(39)24-45-35-20-31-32(21-36(35)46-25-27-13-5-10-18-40(27)50-2)43-29-15-7-6-14-28(29)42(31)33-22-37-38(23-34(33)43)48-44(47-37)30-16-8-11-19-41(30)51-3/h4-25,42-43H,1-3H3,(H,47,48). The largest absolute Gasteiger partial charge is 0.496 e. The molecule has 2 atom stereocenters. The Morgan fingerprint density at radius 3 is 1.57 bits per heavy atom. The average Bonchev–Trinajstić information content (AvgIpc) is 3.61. The van der Waals surface area contributed by atoms with E-state index >= 15 is 0 Å². The highest BCUT2D eigenvalue weighted by atomic mass is 16.5. The van der Waals surface area contributed by atoms with Gasteiger partial charge in [-0.3, -0.25) is 9.98 Å². The number of benzene rings is 6. The van der Waals surface area contributed by atoms with Gasteiger partial charge in [-0.2, -0.15) is 0 Å². The van der Waals surface area contributed by atoms with Gasteiger partial charge >= 0.3 is 0 Å². The van der Waals surface area contributed by atoms with Crippen LogP contribution in [0.3, 0.4) is 0 Å². The number of methoxy groups -OCH3 is 3. The quantitative estimate of drug-likeness (QED) is 0.164. The van der Waals surface area contributed by atoms with Crippen LogP contribution in [0.1, 0.15) is 56.3 Å². The molecule has 3 aliphatic rings.